The van der Waals surface area contributed by atoms with Gasteiger partial charge in [0, 0.05) is 7.11 Å². The molecule has 1 aromatic carbocycles. The van der Waals surface area contributed by atoms with E-state index in [1.54, 1.807) is 67.5 Å². The topological polar surface area (TPSA) is 209 Å². The number of amides is 2. The van der Waals surface area contributed by atoms with Crippen LogP contribution in [0, 0.1) is 0 Å². The maximum absolute atomic E-state index is 14.0. The van der Waals surface area contributed by atoms with E-state index in [1.165, 1.54) is 36.5 Å². The largest absolute Gasteiger partial charge is 0.467 e. The summed E-state index contributed by atoms with van der Waals surface area (Å²) in [5.74, 6) is -2.87. The number of benzene rings is 1. The van der Waals surface area contributed by atoms with E-state index in [2.05, 4.69) is 20.3 Å². The summed E-state index contributed by atoms with van der Waals surface area (Å²) in [6.45, 7) is 12.5. The summed E-state index contributed by atoms with van der Waals surface area (Å²) < 4.78 is 70.0. The predicted molar refractivity (Wildman–Crippen MR) is 183 cm³/mol. The molecule has 5 rings (SSSR count). The Morgan fingerprint density at radius 3 is 2.33 bits per heavy atom. The van der Waals surface area contributed by atoms with E-state index >= 15 is 0 Å². The molecule has 4 heterocycles. The van der Waals surface area contributed by atoms with Crippen molar-refractivity contribution in [3.8, 4) is 5.75 Å². The summed E-state index contributed by atoms with van der Waals surface area (Å²) in [6, 6.07) is 6.08. The molecular formula is C33H44N6O12S. The molecule has 284 valence electrons. The molecule has 0 spiro atoms. The van der Waals surface area contributed by atoms with Crippen molar-refractivity contribution in [3.05, 3.63) is 42.5 Å². The fraction of sp³-hybridized carbons (Fsp3) is 0.576. The number of aromatic nitrogens is 4. The minimum atomic E-state index is -4.71. The highest BCUT2D eigenvalue weighted by Crippen LogP contribution is 2.44. The van der Waals surface area contributed by atoms with Crippen LogP contribution in [-0.2, 0) is 38.4 Å². The Balaban J connectivity index is 1.46. The van der Waals surface area contributed by atoms with E-state index in [0.717, 1.165) is 0 Å². The number of carbonyl (C=O) groups is 3. The van der Waals surface area contributed by atoms with Gasteiger partial charge in [0.2, 0.25) is 10.0 Å². The number of para-hydroxylation sites is 1. The normalized spacial score (nSPS) is 21.4. The van der Waals surface area contributed by atoms with Crippen LogP contribution < -0.4 is 10.1 Å². The van der Waals surface area contributed by atoms with Gasteiger partial charge in [0.05, 0.1) is 18.4 Å². The van der Waals surface area contributed by atoms with Crippen molar-refractivity contribution in [3.63, 3.8) is 0 Å². The number of Topliss-reactive ketones (excluding diaryl/α,β-unsaturated/α-hetero) is 1. The minimum Gasteiger partial charge on any atom is -0.467 e. The van der Waals surface area contributed by atoms with Gasteiger partial charge in [-0.25, -0.2) is 37.3 Å². The van der Waals surface area contributed by atoms with Crippen molar-refractivity contribution < 1.29 is 56.0 Å². The molecule has 0 saturated carbocycles. The van der Waals surface area contributed by atoms with E-state index in [9.17, 15) is 22.8 Å². The second-order valence-corrected chi connectivity index (χ2v) is 16.4. The van der Waals surface area contributed by atoms with Crippen LogP contribution in [0.3, 0.4) is 0 Å². The molecule has 2 aliphatic rings. The number of sulfonamides is 1. The Kier molecular flexibility index (Phi) is 10.8. The number of nitrogens with zero attached hydrogens (tertiary/aromatic N) is 5. The molecule has 18 nitrogen and oxygen atoms in total. The molecule has 2 fully saturated rings. The van der Waals surface area contributed by atoms with Gasteiger partial charge >= 0.3 is 12.2 Å². The number of ketones is 1. The lowest BCUT2D eigenvalue weighted by Gasteiger charge is -2.30. The number of methoxy groups -OCH3 is 1. The van der Waals surface area contributed by atoms with E-state index in [4.69, 9.17) is 33.2 Å². The number of hydrogen-bond acceptors (Lipinski definition) is 15. The lowest BCUT2D eigenvalue weighted by molar-refractivity contribution is -0.196. The van der Waals surface area contributed by atoms with Gasteiger partial charge in [0.15, 0.2) is 41.6 Å². The molecule has 1 N–H and O–H groups in total. The maximum Gasteiger partial charge on any atom is 0.424 e. The predicted octanol–water partition coefficient (Wildman–Crippen LogP) is 4.02. The fourth-order valence-corrected chi connectivity index (χ4v) is 6.89. The van der Waals surface area contributed by atoms with Crippen molar-refractivity contribution in [2.45, 2.75) is 96.9 Å². The Bertz CT molecular complexity index is 1920. The molecule has 2 saturated heterocycles. The summed E-state index contributed by atoms with van der Waals surface area (Å²) >= 11 is 0. The second kappa shape index (κ2) is 14.5. The third-order valence-electron chi connectivity index (χ3n) is 7.49. The molecule has 1 unspecified atom stereocenters. The van der Waals surface area contributed by atoms with Gasteiger partial charge in [0.25, 0.3) is 0 Å². The maximum atomic E-state index is 14.0. The van der Waals surface area contributed by atoms with Gasteiger partial charge in [-0.3, -0.25) is 14.7 Å². The highest BCUT2D eigenvalue weighted by atomic mass is 32.2. The van der Waals surface area contributed by atoms with Crippen LogP contribution in [0.5, 0.6) is 5.75 Å². The van der Waals surface area contributed by atoms with E-state index in [0.29, 0.717) is 4.31 Å². The number of hydrogen-bond donors (Lipinski definition) is 1. The number of fused-ring (bicyclic) bond motifs is 2. The standard InChI is InChI=1S/C33H44N6O12S/c1-31(2,3)50-29(41)37-26-23-27(35-16-34-26)38(17-36-23)28-25-24(48-33(7,8)49-25)22(47-28)14-39(30(42)51-32(4,5)6)52(43,44)15-20(40)19-12-10-11-13-21(19)46-18-45-9/h10-13,16-17,22,24-25,28H,14-15,18H2,1-9H3,(H,34,35,37,41)/t22-,24+,25?,28-/m1/s1. The number of nitrogens with one attached hydrogen (secondary N) is 1. The Morgan fingerprint density at radius 2 is 1.65 bits per heavy atom. The summed E-state index contributed by atoms with van der Waals surface area (Å²) in [7, 11) is -3.30. The van der Waals surface area contributed by atoms with E-state index in [1.807, 2.05) is 0 Å². The first kappa shape index (κ1) is 38.8. The number of rotatable bonds is 11. The van der Waals surface area contributed by atoms with Crippen LogP contribution in [0.25, 0.3) is 11.2 Å². The van der Waals surface area contributed by atoms with Crippen LogP contribution in [0.4, 0.5) is 15.4 Å². The molecule has 2 amide bonds. The number of imidazole rings is 1. The van der Waals surface area contributed by atoms with Crippen molar-refractivity contribution in [1.29, 1.82) is 0 Å². The smallest absolute Gasteiger partial charge is 0.424 e. The Hall–Kier alpha value is -4.43. The molecule has 2 aromatic heterocycles. The van der Waals surface area contributed by atoms with Crippen LogP contribution in [0.2, 0.25) is 0 Å². The van der Waals surface area contributed by atoms with Gasteiger partial charge in [0.1, 0.15) is 47.3 Å². The lowest BCUT2D eigenvalue weighted by atomic mass is 10.1. The van der Waals surface area contributed by atoms with Crippen molar-refractivity contribution >= 4 is 45.0 Å². The number of carbonyl (C=O) groups excluding carboxylic acids is 3. The van der Waals surface area contributed by atoms with Gasteiger partial charge < -0.3 is 33.2 Å². The van der Waals surface area contributed by atoms with Crippen molar-refractivity contribution in [2.75, 3.05) is 31.5 Å². The van der Waals surface area contributed by atoms with Gasteiger partial charge in [-0.2, -0.15) is 0 Å². The summed E-state index contributed by atoms with van der Waals surface area (Å²) in [4.78, 5) is 52.4. The SMILES string of the molecule is COCOc1ccccc1C(=O)CS(=O)(=O)N(C[C@H]1O[C@@H](n2cnc3c(NC(=O)OC(C)(C)C)ncnc32)C2OC(C)(C)O[C@H]21)C(=O)OC(C)(C)C. The Labute approximate surface area is 301 Å². The first-order chi connectivity index (χ1) is 24.2. The van der Waals surface area contributed by atoms with Crippen molar-refractivity contribution in [2.24, 2.45) is 0 Å². The average molecular weight is 749 g/mol. The van der Waals surface area contributed by atoms with Crippen molar-refractivity contribution in [1.82, 2.24) is 23.8 Å². The monoisotopic (exact) mass is 748 g/mol. The van der Waals surface area contributed by atoms with E-state index < -0.39 is 81.8 Å². The molecule has 4 atom stereocenters. The van der Waals surface area contributed by atoms with Crippen LogP contribution in [-0.4, -0.2) is 112 Å². The highest BCUT2D eigenvalue weighted by molar-refractivity contribution is 7.90. The molecule has 0 bridgehead atoms. The zero-order valence-corrected chi connectivity index (χ0v) is 31.3. The Morgan fingerprint density at radius 1 is 0.981 bits per heavy atom. The molecule has 0 radical (unpaired) electrons. The zero-order valence-electron chi connectivity index (χ0n) is 30.4. The van der Waals surface area contributed by atoms with E-state index in [-0.39, 0.29) is 35.1 Å². The van der Waals surface area contributed by atoms with Gasteiger partial charge in [-0.05, 0) is 67.5 Å². The minimum absolute atomic E-state index is 0.0201. The molecule has 3 aromatic rings. The quantitative estimate of drug-likeness (QED) is 0.217. The number of anilines is 1. The fourth-order valence-electron chi connectivity index (χ4n) is 5.60. The first-order valence-electron chi connectivity index (χ1n) is 16.3. The second-order valence-electron chi connectivity index (χ2n) is 14.5. The summed E-state index contributed by atoms with van der Waals surface area (Å²) in [5, 5.41) is 2.58. The van der Waals surface area contributed by atoms with Gasteiger partial charge in [-0.1, -0.05) is 12.1 Å². The average Bonchev–Trinajstić information content (AvgIpc) is 3.67. The van der Waals surface area contributed by atoms with Crippen LogP contribution in [0.1, 0.15) is 72.0 Å². The lowest BCUT2D eigenvalue weighted by Crippen LogP contribution is -2.49. The third kappa shape index (κ3) is 8.95. The molecule has 19 heteroatoms. The highest BCUT2D eigenvalue weighted by Gasteiger charge is 2.57. The van der Waals surface area contributed by atoms with Crippen LogP contribution in [0.15, 0.2) is 36.9 Å². The van der Waals surface area contributed by atoms with Crippen LogP contribution >= 0.6 is 0 Å². The summed E-state index contributed by atoms with van der Waals surface area (Å²) in [6.07, 6.45) is -3.21. The molecule has 52 heavy (non-hydrogen) atoms. The molecule has 0 aliphatic carbocycles. The number of ether oxygens (including phenoxy) is 7. The first-order valence-corrected chi connectivity index (χ1v) is 17.9. The third-order valence-corrected chi connectivity index (χ3v) is 9.09. The summed E-state index contributed by atoms with van der Waals surface area (Å²) in [5.41, 5.74) is -1.42. The molecule has 2 aliphatic heterocycles. The van der Waals surface area contributed by atoms with Gasteiger partial charge in [-0.15, -0.1) is 0 Å². The molecular weight excluding hydrogens is 704 g/mol. The zero-order chi connectivity index (χ0) is 38.2.